The monoisotopic (exact) mass is 382 g/mol. The van der Waals surface area contributed by atoms with Gasteiger partial charge in [0.05, 0.1) is 22.2 Å². The predicted octanol–water partition coefficient (Wildman–Crippen LogP) is 3.34. The number of hydrogen-bond acceptors (Lipinski definition) is 5. The first-order valence-electron chi connectivity index (χ1n) is 8.05. The Balaban J connectivity index is 1.74. The van der Waals surface area contributed by atoms with E-state index < -0.39 is 20.0 Å². The summed E-state index contributed by atoms with van der Waals surface area (Å²) in [7, 11) is -7.04. The third-order valence-corrected chi connectivity index (χ3v) is 6.85. The standard InChI is InChI=1S/C18H22O5S2/c1-16-10-12-18(13-11-16)25(21,22)23-14-6-3-7-15-24(19,20)17-8-4-2-5-9-17/h2,4-5,8-13H,3,6-7,14-15H2,1H3. The molecule has 0 saturated carbocycles. The van der Waals surface area contributed by atoms with Crippen LogP contribution in [0.4, 0.5) is 0 Å². The molecular formula is C18H22O5S2. The molecule has 0 amide bonds. The molecule has 0 unspecified atom stereocenters. The van der Waals surface area contributed by atoms with Gasteiger partial charge in [-0.25, -0.2) is 8.42 Å². The van der Waals surface area contributed by atoms with Gasteiger partial charge in [0.2, 0.25) is 0 Å². The summed E-state index contributed by atoms with van der Waals surface area (Å²) in [6.07, 6.45) is 1.52. The zero-order valence-electron chi connectivity index (χ0n) is 14.1. The molecule has 2 rings (SSSR count). The Bertz CT molecular complexity index is 871. The zero-order valence-corrected chi connectivity index (χ0v) is 15.7. The molecule has 0 aliphatic heterocycles. The maximum absolute atomic E-state index is 12.1. The predicted molar refractivity (Wildman–Crippen MR) is 96.7 cm³/mol. The zero-order chi connectivity index (χ0) is 18.3. The first-order valence-corrected chi connectivity index (χ1v) is 11.1. The van der Waals surface area contributed by atoms with E-state index in [1.165, 1.54) is 12.1 Å². The minimum absolute atomic E-state index is 0.0432. The lowest BCUT2D eigenvalue weighted by Gasteiger charge is -2.07. The minimum atomic E-state index is -3.75. The van der Waals surface area contributed by atoms with Gasteiger partial charge in [-0.3, -0.25) is 4.18 Å². The highest BCUT2D eigenvalue weighted by Crippen LogP contribution is 2.15. The molecule has 0 heterocycles. The van der Waals surface area contributed by atoms with Crippen LogP contribution < -0.4 is 0 Å². The summed E-state index contributed by atoms with van der Waals surface area (Å²) >= 11 is 0. The summed E-state index contributed by atoms with van der Waals surface area (Å²) in [5.41, 5.74) is 0.971. The lowest BCUT2D eigenvalue weighted by molar-refractivity contribution is 0.308. The van der Waals surface area contributed by atoms with E-state index >= 15 is 0 Å². The smallest absolute Gasteiger partial charge is 0.266 e. The molecule has 0 spiro atoms. The average molecular weight is 383 g/mol. The van der Waals surface area contributed by atoms with Crippen LogP contribution >= 0.6 is 0 Å². The molecule has 136 valence electrons. The molecule has 0 aromatic heterocycles. The van der Waals surface area contributed by atoms with Crippen molar-refractivity contribution in [1.29, 1.82) is 0 Å². The minimum Gasteiger partial charge on any atom is -0.266 e. The second-order valence-corrected chi connectivity index (χ2v) is 9.51. The summed E-state index contributed by atoms with van der Waals surface area (Å²) in [4.78, 5) is 0.443. The SMILES string of the molecule is Cc1ccc(S(=O)(=O)OCCCCCS(=O)(=O)c2ccccc2)cc1. The highest BCUT2D eigenvalue weighted by atomic mass is 32.2. The van der Waals surface area contributed by atoms with Crippen LogP contribution in [0, 0.1) is 6.92 Å². The lowest BCUT2D eigenvalue weighted by Crippen LogP contribution is -2.09. The van der Waals surface area contributed by atoms with Gasteiger partial charge in [-0.15, -0.1) is 0 Å². The van der Waals surface area contributed by atoms with E-state index in [1.54, 1.807) is 42.5 Å². The molecule has 0 bridgehead atoms. The summed E-state index contributed by atoms with van der Waals surface area (Å²) < 4.78 is 53.2. The van der Waals surface area contributed by atoms with E-state index in [4.69, 9.17) is 4.18 Å². The normalized spacial score (nSPS) is 12.2. The summed E-state index contributed by atoms with van der Waals surface area (Å²) in [6, 6.07) is 14.8. The average Bonchev–Trinajstić information content (AvgIpc) is 2.59. The maximum atomic E-state index is 12.1. The van der Waals surface area contributed by atoms with Gasteiger partial charge in [0.25, 0.3) is 10.1 Å². The van der Waals surface area contributed by atoms with Crippen LogP contribution in [0.2, 0.25) is 0 Å². The van der Waals surface area contributed by atoms with Crippen molar-refractivity contribution in [2.45, 2.75) is 36.0 Å². The molecule has 5 nitrogen and oxygen atoms in total. The van der Waals surface area contributed by atoms with E-state index in [1.807, 2.05) is 6.92 Å². The van der Waals surface area contributed by atoms with Gasteiger partial charge in [-0.05, 0) is 44.0 Å². The number of aryl methyl sites for hydroxylation is 1. The van der Waals surface area contributed by atoms with Crippen LogP contribution in [0.5, 0.6) is 0 Å². The Labute approximate surface area is 149 Å². The van der Waals surface area contributed by atoms with Crippen LogP contribution in [-0.2, 0) is 24.1 Å². The van der Waals surface area contributed by atoms with Crippen molar-refractivity contribution in [3.05, 3.63) is 60.2 Å². The summed E-state index contributed by atoms with van der Waals surface area (Å²) in [6.45, 7) is 1.92. The molecule has 0 N–H and O–H groups in total. The molecule has 0 atom stereocenters. The Morgan fingerprint density at radius 1 is 0.760 bits per heavy atom. The van der Waals surface area contributed by atoms with E-state index in [9.17, 15) is 16.8 Å². The lowest BCUT2D eigenvalue weighted by atomic mass is 10.2. The fraction of sp³-hybridized carbons (Fsp3) is 0.333. The van der Waals surface area contributed by atoms with Crippen molar-refractivity contribution in [3.8, 4) is 0 Å². The van der Waals surface area contributed by atoms with Crippen molar-refractivity contribution < 1.29 is 21.0 Å². The first kappa shape index (κ1) is 19.6. The van der Waals surface area contributed by atoms with E-state index in [0.717, 1.165) is 5.56 Å². The Morgan fingerprint density at radius 3 is 2.04 bits per heavy atom. The number of hydrogen-bond donors (Lipinski definition) is 0. The van der Waals surface area contributed by atoms with Crippen molar-refractivity contribution in [2.75, 3.05) is 12.4 Å². The van der Waals surface area contributed by atoms with Gasteiger partial charge in [0, 0.05) is 0 Å². The van der Waals surface area contributed by atoms with Crippen molar-refractivity contribution in [2.24, 2.45) is 0 Å². The molecule has 25 heavy (non-hydrogen) atoms. The van der Waals surface area contributed by atoms with E-state index in [0.29, 0.717) is 24.2 Å². The molecule has 0 aliphatic rings. The molecule has 0 radical (unpaired) electrons. The molecule has 0 saturated heterocycles. The molecule has 0 fully saturated rings. The highest BCUT2D eigenvalue weighted by molar-refractivity contribution is 7.91. The van der Waals surface area contributed by atoms with Crippen LogP contribution in [0.1, 0.15) is 24.8 Å². The van der Waals surface area contributed by atoms with Gasteiger partial charge in [-0.2, -0.15) is 8.42 Å². The number of rotatable bonds is 9. The second kappa shape index (κ2) is 8.60. The number of unbranched alkanes of at least 4 members (excludes halogenated alkanes) is 2. The van der Waals surface area contributed by atoms with Crippen molar-refractivity contribution in [1.82, 2.24) is 0 Å². The quantitative estimate of drug-likeness (QED) is 0.491. The Hall–Kier alpha value is -1.70. The van der Waals surface area contributed by atoms with Crippen LogP contribution in [0.3, 0.4) is 0 Å². The maximum Gasteiger partial charge on any atom is 0.296 e. The van der Waals surface area contributed by atoms with Gasteiger partial charge in [0.1, 0.15) is 0 Å². The second-order valence-electron chi connectivity index (χ2n) is 5.78. The first-order chi connectivity index (χ1) is 11.8. The van der Waals surface area contributed by atoms with E-state index in [-0.39, 0.29) is 17.3 Å². The molecule has 0 aliphatic carbocycles. The number of benzene rings is 2. The largest absolute Gasteiger partial charge is 0.296 e. The van der Waals surface area contributed by atoms with Gasteiger partial charge in [-0.1, -0.05) is 42.3 Å². The third-order valence-electron chi connectivity index (χ3n) is 3.71. The van der Waals surface area contributed by atoms with E-state index in [2.05, 4.69) is 0 Å². The number of sulfone groups is 1. The van der Waals surface area contributed by atoms with Crippen LogP contribution in [0.25, 0.3) is 0 Å². The molecular weight excluding hydrogens is 360 g/mol. The molecule has 2 aromatic rings. The van der Waals surface area contributed by atoms with Gasteiger partial charge < -0.3 is 0 Å². The topological polar surface area (TPSA) is 77.5 Å². The highest BCUT2D eigenvalue weighted by Gasteiger charge is 2.15. The fourth-order valence-corrected chi connectivity index (χ4v) is 4.59. The Morgan fingerprint density at radius 2 is 1.40 bits per heavy atom. The van der Waals surface area contributed by atoms with Gasteiger partial charge >= 0.3 is 0 Å². The molecule has 7 heteroatoms. The summed E-state index contributed by atoms with van der Waals surface area (Å²) in [5.74, 6) is 0.0434. The summed E-state index contributed by atoms with van der Waals surface area (Å²) in [5, 5.41) is 0. The fourth-order valence-electron chi connectivity index (χ4n) is 2.26. The Kier molecular flexibility index (Phi) is 6.75. The van der Waals surface area contributed by atoms with Crippen LogP contribution in [-0.4, -0.2) is 29.2 Å². The molecule has 2 aromatic carbocycles. The van der Waals surface area contributed by atoms with Crippen molar-refractivity contribution >= 4 is 20.0 Å². The van der Waals surface area contributed by atoms with Gasteiger partial charge in [0.15, 0.2) is 9.84 Å². The van der Waals surface area contributed by atoms with Crippen molar-refractivity contribution in [3.63, 3.8) is 0 Å². The third kappa shape index (κ3) is 5.95. The van der Waals surface area contributed by atoms with Crippen LogP contribution in [0.15, 0.2) is 64.4 Å².